The molecule has 1 heterocycles. The van der Waals surface area contributed by atoms with E-state index in [1.54, 1.807) is 6.20 Å². The van der Waals surface area contributed by atoms with E-state index in [4.69, 9.17) is 16.3 Å². The van der Waals surface area contributed by atoms with Crippen molar-refractivity contribution < 1.29 is 14.6 Å². The van der Waals surface area contributed by atoms with Crippen LogP contribution in [0.25, 0.3) is 0 Å². The molecule has 3 aromatic rings. The average molecular weight is 454 g/mol. The molecule has 26 heavy (non-hydrogen) atoms. The molecule has 0 radical (unpaired) electrons. The fourth-order valence-electron chi connectivity index (χ4n) is 2.28. The molecule has 8 heteroatoms. The van der Waals surface area contributed by atoms with E-state index in [1.165, 1.54) is 30.6 Å². The van der Waals surface area contributed by atoms with E-state index in [9.17, 15) is 9.90 Å². The summed E-state index contributed by atoms with van der Waals surface area (Å²) in [5, 5.41) is 13.8. The highest BCUT2D eigenvalue weighted by Gasteiger charge is 2.15. The second kappa shape index (κ2) is 8.07. The molecule has 2 aromatic carbocycles. The van der Waals surface area contributed by atoms with Gasteiger partial charge in [-0.3, -0.25) is 10.1 Å². The van der Waals surface area contributed by atoms with E-state index < -0.39 is 0 Å². The zero-order chi connectivity index (χ0) is 18.7. The lowest BCUT2D eigenvalue weighted by Gasteiger charge is -2.08. The summed E-state index contributed by atoms with van der Waals surface area (Å²) in [6.45, 7) is 0. The third-order valence-electron chi connectivity index (χ3n) is 3.58. The van der Waals surface area contributed by atoms with Gasteiger partial charge in [0.1, 0.15) is 0 Å². The summed E-state index contributed by atoms with van der Waals surface area (Å²) >= 11 is 10.5. The quantitative estimate of drug-likeness (QED) is 0.563. The molecular weight excluding hydrogens is 440 g/mol. The molecule has 0 bridgehead atoms. The number of amides is 1. The number of aromatic nitrogens is 1. The molecule has 0 aliphatic carbocycles. The van der Waals surface area contributed by atoms with E-state index >= 15 is 0 Å². The molecule has 0 aliphatic rings. The Balaban J connectivity index is 1.71. The van der Waals surface area contributed by atoms with Crippen LogP contribution in [0.3, 0.4) is 0 Å². The molecule has 0 unspecified atom stereocenters. The Morgan fingerprint density at radius 3 is 2.77 bits per heavy atom. The van der Waals surface area contributed by atoms with Gasteiger partial charge in [0.25, 0.3) is 5.91 Å². The van der Waals surface area contributed by atoms with E-state index in [2.05, 4.69) is 26.2 Å². The van der Waals surface area contributed by atoms with Crippen LogP contribution in [0.15, 0.2) is 47.1 Å². The zero-order valence-electron chi connectivity index (χ0n) is 13.6. The third kappa shape index (κ3) is 4.35. The smallest absolute Gasteiger partial charge is 0.257 e. The summed E-state index contributed by atoms with van der Waals surface area (Å²) in [5.41, 5.74) is 1.46. The number of methoxy groups -OCH3 is 1. The van der Waals surface area contributed by atoms with E-state index in [0.29, 0.717) is 26.6 Å². The van der Waals surface area contributed by atoms with Gasteiger partial charge in [-0.2, -0.15) is 0 Å². The first-order valence-electron chi connectivity index (χ1n) is 7.53. The van der Waals surface area contributed by atoms with E-state index in [-0.39, 0.29) is 17.4 Å². The SMILES string of the molecule is COc1cc(C(=O)Nc2ncc(Cc3ccc(Cl)cc3)s2)cc(Br)c1O. The van der Waals surface area contributed by atoms with Crippen LogP contribution in [0.2, 0.25) is 5.02 Å². The molecule has 1 aromatic heterocycles. The number of anilines is 1. The minimum Gasteiger partial charge on any atom is -0.503 e. The van der Waals surface area contributed by atoms with Crippen molar-refractivity contribution in [3.8, 4) is 11.5 Å². The number of phenols is 1. The number of ether oxygens (including phenoxy) is 1. The number of rotatable bonds is 5. The first-order chi connectivity index (χ1) is 12.5. The molecule has 2 N–H and O–H groups in total. The minimum atomic E-state index is -0.337. The summed E-state index contributed by atoms with van der Waals surface area (Å²) in [5.74, 6) is -0.174. The Labute approximate surface area is 167 Å². The molecule has 1 amide bonds. The predicted octanol–water partition coefficient (Wildman–Crippen LogP) is 5.12. The molecule has 0 aliphatic heterocycles. The van der Waals surface area contributed by atoms with E-state index in [0.717, 1.165) is 10.4 Å². The van der Waals surface area contributed by atoms with E-state index in [1.807, 2.05) is 24.3 Å². The standard InChI is InChI=1S/C18H14BrClN2O3S/c1-25-15-8-11(7-14(19)16(15)23)17(24)22-18-21-9-13(26-18)6-10-2-4-12(20)5-3-10/h2-5,7-9,23H,6H2,1H3,(H,21,22,24). The topological polar surface area (TPSA) is 71.5 Å². The molecule has 0 fully saturated rings. The zero-order valence-corrected chi connectivity index (χ0v) is 16.8. The molecule has 0 saturated heterocycles. The largest absolute Gasteiger partial charge is 0.503 e. The predicted molar refractivity (Wildman–Crippen MR) is 107 cm³/mol. The summed E-state index contributed by atoms with van der Waals surface area (Å²) in [7, 11) is 1.42. The lowest BCUT2D eigenvalue weighted by Crippen LogP contribution is -2.11. The molecule has 0 spiro atoms. The number of aromatic hydroxyl groups is 1. The minimum absolute atomic E-state index is 0.0523. The lowest BCUT2D eigenvalue weighted by atomic mass is 10.1. The van der Waals surface area contributed by atoms with Crippen molar-refractivity contribution in [2.24, 2.45) is 0 Å². The number of nitrogens with one attached hydrogen (secondary N) is 1. The number of nitrogens with zero attached hydrogens (tertiary/aromatic N) is 1. The van der Waals surface area contributed by atoms with Gasteiger partial charge < -0.3 is 9.84 Å². The molecular formula is C18H14BrClN2O3S. The highest BCUT2D eigenvalue weighted by atomic mass is 79.9. The van der Waals surface area contributed by atoms with Crippen molar-refractivity contribution in [2.75, 3.05) is 12.4 Å². The van der Waals surface area contributed by atoms with Crippen molar-refractivity contribution in [1.82, 2.24) is 4.98 Å². The number of carbonyl (C=O) groups is 1. The van der Waals surface area contributed by atoms with Crippen LogP contribution in [0.1, 0.15) is 20.8 Å². The number of thiazole rings is 1. The summed E-state index contributed by atoms with van der Waals surface area (Å²) in [4.78, 5) is 17.7. The van der Waals surface area contributed by atoms with Gasteiger partial charge in [-0.25, -0.2) is 4.98 Å². The fraction of sp³-hybridized carbons (Fsp3) is 0.111. The van der Waals surface area contributed by atoms with Gasteiger partial charge in [0.2, 0.25) is 0 Å². The number of hydrogen-bond donors (Lipinski definition) is 2. The number of hydrogen-bond acceptors (Lipinski definition) is 5. The normalized spacial score (nSPS) is 10.6. The van der Waals surface area contributed by atoms with Gasteiger partial charge in [-0.15, -0.1) is 11.3 Å². The summed E-state index contributed by atoms with van der Waals surface area (Å²) in [6, 6.07) is 10.6. The van der Waals surface area contributed by atoms with Crippen molar-refractivity contribution in [1.29, 1.82) is 0 Å². The average Bonchev–Trinajstić information content (AvgIpc) is 3.06. The highest BCUT2D eigenvalue weighted by Crippen LogP contribution is 2.35. The fourth-order valence-corrected chi connectivity index (χ4v) is 3.69. The second-order valence-electron chi connectivity index (χ2n) is 5.40. The molecule has 5 nitrogen and oxygen atoms in total. The summed E-state index contributed by atoms with van der Waals surface area (Å²) in [6.07, 6.45) is 2.45. The molecule has 134 valence electrons. The van der Waals surface area contributed by atoms with Crippen molar-refractivity contribution in [2.45, 2.75) is 6.42 Å². The maximum Gasteiger partial charge on any atom is 0.257 e. The van der Waals surface area contributed by atoms with Gasteiger partial charge in [0.05, 0.1) is 11.6 Å². The second-order valence-corrected chi connectivity index (χ2v) is 7.80. The highest BCUT2D eigenvalue weighted by molar-refractivity contribution is 9.10. The Kier molecular flexibility index (Phi) is 5.80. The van der Waals surface area contributed by atoms with Gasteiger partial charge in [0, 0.05) is 28.1 Å². The Morgan fingerprint density at radius 1 is 1.35 bits per heavy atom. The molecule has 3 rings (SSSR count). The van der Waals surface area contributed by atoms with Crippen LogP contribution in [-0.2, 0) is 6.42 Å². The first kappa shape index (κ1) is 18.7. The van der Waals surface area contributed by atoms with Crippen molar-refractivity contribution in [3.05, 3.63) is 68.1 Å². The van der Waals surface area contributed by atoms with Crippen LogP contribution in [0.4, 0.5) is 5.13 Å². The number of phenolic OH excluding ortho intramolecular Hbond substituents is 1. The van der Waals surface area contributed by atoms with Crippen LogP contribution >= 0.6 is 38.9 Å². The van der Waals surface area contributed by atoms with Gasteiger partial charge >= 0.3 is 0 Å². The number of benzene rings is 2. The Morgan fingerprint density at radius 2 is 2.08 bits per heavy atom. The lowest BCUT2D eigenvalue weighted by molar-refractivity contribution is 0.102. The maximum atomic E-state index is 12.4. The number of carbonyl (C=O) groups excluding carboxylic acids is 1. The Hall–Kier alpha value is -2.09. The van der Waals surface area contributed by atoms with Crippen molar-refractivity contribution in [3.63, 3.8) is 0 Å². The monoisotopic (exact) mass is 452 g/mol. The first-order valence-corrected chi connectivity index (χ1v) is 9.52. The summed E-state index contributed by atoms with van der Waals surface area (Å²) < 4.78 is 5.44. The van der Waals surface area contributed by atoms with Gasteiger partial charge in [0.15, 0.2) is 16.6 Å². The molecule has 0 atom stereocenters. The Bertz CT molecular complexity index is 944. The third-order valence-corrected chi connectivity index (χ3v) is 5.35. The van der Waals surface area contributed by atoms with Crippen LogP contribution in [-0.4, -0.2) is 23.1 Å². The molecule has 0 saturated carbocycles. The van der Waals surface area contributed by atoms with Gasteiger partial charge in [-0.1, -0.05) is 23.7 Å². The van der Waals surface area contributed by atoms with Crippen LogP contribution < -0.4 is 10.1 Å². The van der Waals surface area contributed by atoms with Crippen molar-refractivity contribution >= 4 is 49.9 Å². The van der Waals surface area contributed by atoms with Gasteiger partial charge in [-0.05, 0) is 45.8 Å². The van der Waals surface area contributed by atoms with Crippen LogP contribution in [0.5, 0.6) is 11.5 Å². The maximum absolute atomic E-state index is 12.4. The number of halogens is 2. The van der Waals surface area contributed by atoms with Crippen LogP contribution in [0, 0.1) is 0 Å².